The highest BCUT2D eigenvalue weighted by atomic mass is 16.5. The monoisotopic (exact) mass is 264 g/mol. The Labute approximate surface area is 112 Å². The second-order valence-corrected chi connectivity index (χ2v) is 5.59. The second kappa shape index (κ2) is 4.92. The van der Waals surface area contributed by atoms with Gasteiger partial charge in [0.2, 0.25) is 5.89 Å². The van der Waals surface area contributed by atoms with Crippen molar-refractivity contribution in [3.05, 3.63) is 11.7 Å². The van der Waals surface area contributed by atoms with Gasteiger partial charge in [0.05, 0.1) is 5.41 Å². The van der Waals surface area contributed by atoms with Crippen molar-refractivity contribution in [2.45, 2.75) is 50.5 Å². The molecule has 1 aliphatic heterocycles. The molecule has 104 valence electrons. The summed E-state index contributed by atoms with van der Waals surface area (Å²) in [5, 5.41) is 10.1. The van der Waals surface area contributed by atoms with Gasteiger partial charge in [-0.15, -0.1) is 0 Å². The minimum atomic E-state index is -0.215. The van der Waals surface area contributed by atoms with Gasteiger partial charge in [0.15, 0.2) is 0 Å². The molecule has 0 aromatic carbocycles. The molecule has 0 spiro atoms. The molecule has 1 aliphatic carbocycles. The van der Waals surface area contributed by atoms with E-state index in [-0.39, 0.29) is 17.1 Å². The Bertz CT molecular complexity index is 461. The maximum absolute atomic E-state index is 11.9. The zero-order valence-electron chi connectivity index (χ0n) is 11.2. The van der Waals surface area contributed by atoms with Crippen LogP contribution in [0.1, 0.15) is 55.5 Å². The third-order valence-electron chi connectivity index (χ3n) is 4.14. The normalized spacial score (nSPS) is 27.2. The predicted molar refractivity (Wildman–Crippen MR) is 68.9 cm³/mol. The van der Waals surface area contributed by atoms with Gasteiger partial charge < -0.3 is 15.2 Å². The molecule has 6 nitrogen and oxygen atoms in total. The van der Waals surface area contributed by atoms with Crippen molar-refractivity contribution in [3.63, 3.8) is 0 Å². The molecule has 1 aromatic heterocycles. The van der Waals surface area contributed by atoms with Crippen molar-refractivity contribution < 1.29 is 9.32 Å². The van der Waals surface area contributed by atoms with E-state index in [1.807, 2.05) is 0 Å². The quantitative estimate of drug-likeness (QED) is 0.848. The molecule has 1 unspecified atom stereocenters. The van der Waals surface area contributed by atoms with Crippen LogP contribution in [-0.4, -0.2) is 35.2 Å². The lowest BCUT2D eigenvalue weighted by Crippen LogP contribution is -2.43. The van der Waals surface area contributed by atoms with E-state index in [9.17, 15) is 4.79 Å². The molecule has 0 bridgehead atoms. The largest absolute Gasteiger partial charge is 0.346 e. The van der Waals surface area contributed by atoms with Crippen molar-refractivity contribution in [3.8, 4) is 0 Å². The maximum Gasteiger partial charge on any atom is 0.292 e. The molecule has 1 saturated carbocycles. The van der Waals surface area contributed by atoms with Crippen LogP contribution in [0.2, 0.25) is 0 Å². The Morgan fingerprint density at radius 2 is 2.42 bits per heavy atom. The van der Waals surface area contributed by atoms with Crippen LogP contribution in [0.4, 0.5) is 0 Å². The van der Waals surface area contributed by atoms with Crippen LogP contribution in [0.5, 0.6) is 0 Å². The lowest BCUT2D eigenvalue weighted by Gasteiger charge is -2.33. The van der Waals surface area contributed by atoms with Crippen LogP contribution >= 0.6 is 0 Å². The van der Waals surface area contributed by atoms with Crippen molar-refractivity contribution in [1.82, 2.24) is 20.8 Å². The fourth-order valence-corrected chi connectivity index (χ4v) is 2.61. The summed E-state index contributed by atoms with van der Waals surface area (Å²) in [5.74, 6) is 0.552. The number of carbonyl (C=O) groups excluding carboxylic acids is 1. The van der Waals surface area contributed by atoms with E-state index in [1.165, 1.54) is 0 Å². The van der Waals surface area contributed by atoms with Gasteiger partial charge in [0, 0.05) is 12.6 Å². The molecule has 1 saturated heterocycles. The predicted octanol–water partition coefficient (Wildman–Crippen LogP) is 0.993. The van der Waals surface area contributed by atoms with Gasteiger partial charge in [-0.2, -0.15) is 4.98 Å². The third-order valence-corrected chi connectivity index (χ3v) is 4.14. The average molecular weight is 264 g/mol. The van der Waals surface area contributed by atoms with Gasteiger partial charge in [0.25, 0.3) is 11.7 Å². The molecule has 6 heteroatoms. The van der Waals surface area contributed by atoms with Crippen molar-refractivity contribution >= 4 is 5.91 Å². The molecule has 19 heavy (non-hydrogen) atoms. The smallest absolute Gasteiger partial charge is 0.292 e. The molecule has 2 fully saturated rings. The number of rotatable bonds is 4. The number of nitrogens with zero attached hydrogens (tertiary/aromatic N) is 2. The molecule has 2 N–H and O–H groups in total. The van der Waals surface area contributed by atoms with Crippen LogP contribution in [0.15, 0.2) is 4.52 Å². The van der Waals surface area contributed by atoms with E-state index in [2.05, 4.69) is 27.7 Å². The molecule has 2 aliphatic rings. The summed E-state index contributed by atoms with van der Waals surface area (Å²) in [6, 6.07) is 0.311. The van der Waals surface area contributed by atoms with Crippen LogP contribution in [0, 0.1) is 0 Å². The zero-order chi connectivity index (χ0) is 13.3. The number of hydrogen-bond donors (Lipinski definition) is 2. The highest BCUT2D eigenvalue weighted by Gasteiger charge is 2.38. The van der Waals surface area contributed by atoms with Gasteiger partial charge >= 0.3 is 0 Å². The number of aromatic nitrogens is 2. The van der Waals surface area contributed by atoms with Gasteiger partial charge in [0.1, 0.15) is 0 Å². The Kier molecular flexibility index (Phi) is 3.26. The first-order valence-electron chi connectivity index (χ1n) is 7.09. The van der Waals surface area contributed by atoms with Crippen LogP contribution in [0.3, 0.4) is 0 Å². The number of amides is 1. The van der Waals surface area contributed by atoms with E-state index in [0.717, 1.165) is 45.2 Å². The van der Waals surface area contributed by atoms with E-state index in [4.69, 9.17) is 4.52 Å². The summed E-state index contributed by atoms with van der Waals surface area (Å²) in [7, 11) is 0. The Hall–Kier alpha value is -1.43. The van der Waals surface area contributed by atoms with Crippen molar-refractivity contribution in [2.75, 3.05) is 13.1 Å². The number of carbonyl (C=O) groups is 1. The Morgan fingerprint density at radius 1 is 1.58 bits per heavy atom. The standard InChI is InChI=1S/C13H20N4O2/c1-2-13(6-3-7-14-8-13)12-16-10(17-19-12)11(18)15-9-4-5-9/h9,14H,2-8H2,1H3,(H,15,18). The van der Waals surface area contributed by atoms with Gasteiger partial charge in [-0.05, 0) is 38.6 Å². The van der Waals surface area contributed by atoms with E-state index in [0.29, 0.717) is 11.9 Å². The summed E-state index contributed by atoms with van der Waals surface area (Å²) in [4.78, 5) is 16.2. The van der Waals surface area contributed by atoms with Gasteiger partial charge in [-0.25, -0.2) is 0 Å². The molecule has 1 aromatic rings. The molecular weight excluding hydrogens is 244 g/mol. The molecule has 1 atom stereocenters. The molecular formula is C13H20N4O2. The highest BCUT2D eigenvalue weighted by molar-refractivity contribution is 5.90. The first-order chi connectivity index (χ1) is 9.23. The third kappa shape index (κ3) is 2.49. The van der Waals surface area contributed by atoms with E-state index >= 15 is 0 Å². The number of nitrogens with one attached hydrogen (secondary N) is 2. The van der Waals surface area contributed by atoms with Crippen LogP contribution in [-0.2, 0) is 5.41 Å². The van der Waals surface area contributed by atoms with Crippen molar-refractivity contribution in [2.24, 2.45) is 0 Å². The summed E-state index contributed by atoms with van der Waals surface area (Å²) in [5.41, 5.74) is -0.108. The summed E-state index contributed by atoms with van der Waals surface area (Å²) in [6.45, 7) is 4.00. The van der Waals surface area contributed by atoms with Crippen LogP contribution < -0.4 is 10.6 Å². The van der Waals surface area contributed by atoms with Crippen LogP contribution in [0.25, 0.3) is 0 Å². The zero-order valence-corrected chi connectivity index (χ0v) is 11.2. The van der Waals surface area contributed by atoms with Gasteiger partial charge in [-0.1, -0.05) is 12.1 Å². The lowest BCUT2D eigenvalue weighted by molar-refractivity contribution is 0.0937. The summed E-state index contributed by atoms with van der Waals surface area (Å²) >= 11 is 0. The molecule has 0 radical (unpaired) electrons. The molecule has 3 rings (SSSR count). The fourth-order valence-electron chi connectivity index (χ4n) is 2.61. The lowest BCUT2D eigenvalue weighted by atomic mass is 9.78. The van der Waals surface area contributed by atoms with Gasteiger partial charge in [-0.3, -0.25) is 4.79 Å². The highest BCUT2D eigenvalue weighted by Crippen LogP contribution is 2.33. The minimum Gasteiger partial charge on any atom is -0.346 e. The van der Waals surface area contributed by atoms with E-state index in [1.54, 1.807) is 0 Å². The maximum atomic E-state index is 11.9. The molecule has 1 amide bonds. The topological polar surface area (TPSA) is 80.1 Å². The Morgan fingerprint density at radius 3 is 3.05 bits per heavy atom. The minimum absolute atomic E-state index is 0.108. The SMILES string of the molecule is CCC1(c2nc(C(=O)NC3CC3)no2)CCCNC1. The number of piperidine rings is 1. The fraction of sp³-hybridized carbons (Fsp3) is 0.769. The van der Waals surface area contributed by atoms with Crippen molar-refractivity contribution in [1.29, 1.82) is 0 Å². The average Bonchev–Trinajstić information content (AvgIpc) is 3.11. The summed E-state index contributed by atoms with van der Waals surface area (Å²) < 4.78 is 5.36. The first-order valence-corrected chi connectivity index (χ1v) is 7.09. The molecule has 2 heterocycles. The first kappa shape index (κ1) is 12.6. The Balaban J connectivity index is 1.76. The summed E-state index contributed by atoms with van der Waals surface area (Å²) in [6.07, 6.45) is 5.17. The second-order valence-electron chi connectivity index (χ2n) is 5.59. The number of hydrogen-bond acceptors (Lipinski definition) is 5. The van der Waals surface area contributed by atoms with E-state index < -0.39 is 0 Å².